The predicted octanol–water partition coefficient (Wildman–Crippen LogP) is 0.193. The Morgan fingerprint density at radius 1 is 1.36 bits per heavy atom. The van der Waals surface area contributed by atoms with Crippen molar-refractivity contribution in [2.24, 2.45) is 0 Å². The van der Waals surface area contributed by atoms with Crippen LogP contribution in [0, 0.1) is 0 Å². The molecule has 2 saturated heterocycles. The van der Waals surface area contributed by atoms with Crippen molar-refractivity contribution >= 4 is 25.1 Å². The van der Waals surface area contributed by atoms with Gasteiger partial charge in [0.05, 0.1) is 25.8 Å². The molecule has 2 radical (unpaired) electrons. The maximum Gasteiger partial charge on any atom is 0.254 e. The lowest BCUT2D eigenvalue weighted by molar-refractivity contribution is -0.123. The summed E-state index contributed by atoms with van der Waals surface area (Å²) in [6, 6.07) is 6.19. The fraction of sp³-hybridized carbons (Fsp3) is 0.619. The Morgan fingerprint density at radius 3 is 2.89 bits per heavy atom. The van der Waals surface area contributed by atoms with Gasteiger partial charge in [0, 0.05) is 31.5 Å². The zero-order valence-electron chi connectivity index (χ0n) is 16.2. The van der Waals surface area contributed by atoms with Crippen molar-refractivity contribution in [2.75, 3.05) is 39.4 Å². The molecule has 5 rings (SSSR count). The molecule has 1 aliphatic carbocycles. The Kier molecular flexibility index (Phi) is 4.47. The molecular formula is C21H28BN3O3. The van der Waals surface area contributed by atoms with Gasteiger partial charge < -0.3 is 15.0 Å². The van der Waals surface area contributed by atoms with Gasteiger partial charge in [0.2, 0.25) is 5.91 Å². The monoisotopic (exact) mass is 381 g/mol. The number of hydrogen-bond donors (Lipinski definition) is 1. The predicted molar refractivity (Wildman–Crippen MR) is 108 cm³/mol. The number of hydrogen-bond acceptors (Lipinski definition) is 4. The minimum atomic E-state index is -0.0560. The van der Waals surface area contributed by atoms with E-state index in [1.165, 1.54) is 0 Å². The number of fused-ring (bicyclic) bond motifs is 2. The molecule has 28 heavy (non-hydrogen) atoms. The smallest absolute Gasteiger partial charge is 0.254 e. The van der Waals surface area contributed by atoms with Crippen molar-refractivity contribution in [1.82, 2.24) is 15.1 Å². The Hall–Kier alpha value is -1.86. The van der Waals surface area contributed by atoms with E-state index in [1.54, 1.807) is 11.0 Å². The highest BCUT2D eigenvalue weighted by atomic mass is 16.5. The number of rotatable bonds is 4. The summed E-state index contributed by atoms with van der Waals surface area (Å²) in [7, 11) is 5.94. The van der Waals surface area contributed by atoms with E-state index in [2.05, 4.69) is 10.2 Å². The fourth-order valence-corrected chi connectivity index (χ4v) is 4.92. The summed E-state index contributed by atoms with van der Waals surface area (Å²) in [5.41, 5.74) is 2.48. The highest BCUT2D eigenvalue weighted by Gasteiger charge is 2.51. The number of nitrogens with zero attached hydrogens (tertiary/aromatic N) is 2. The topological polar surface area (TPSA) is 61.9 Å². The molecule has 0 aromatic heterocycles. The molecule has 1 N–H and O–H groups in total. The van der Waals surface area contributed by atoms with E-state index >= 15 is 0 Å². The second-order valence-corrected chi connectivity index (χ2v) is 8.84. The Balaban J connectivity index is 0.00000205. The van der Waals surface area contributed by atoms with Crippen LogP contribution in [-0.4, -0.2) is 80.9 Å². The summed E-state index contributed by atoms with van der Waals surface area (Å²) in [5, 5.41) is 3.17. The molecule has 7 heteroatoms. The van der Waals surface area contributed by atoms with Gasteiger partial charge in [-0.2, -0.15) is 0 Å². The zero-order chi connectivity index (χ0) is 19.3. The maximum atomic E-state index is 12.9. The molecule has 2 amide bonds. The molecule has 3 heterocycles. The van der Waals surface area contributed by atoms with Gasteiger partial charge in [-0.3, -0.25) is 14.5 Å². The minimum Gasteiger partial charge on any atom is -0.378 e. The van der Waals surface area contributed by atoms with E-state index in [4.69, 9.17) is 12.6 Å². The number of ether oxygens (including phenoxy) is 1. The summed E-state index contributed by atoms with van der Waals surface area (Å²) in [5.74, 6) is -0.112. The van der Waals surface area contributed by atoms with E-state index in [0.717, 1.165) is 57.6 Å². The van der Waals surface area contributed by atoms with E-state index in [-0.39, 0.29) is 31.2 Å². The molecule has 6 nitrogen and oxygen atoms in total. The molecule has 1 spiro atoms. The average molecular weight is 381 g/mol. The number of nitrogens with one attached hydrogen (secondary N) is 1. The molecule has 1 atom stereocenters. The highest BCUT2D eigenvalue weighted by Crippen LogP contribution is 2.52. The van der Waals surface area contributed by atoms with Gasteiger partial charge in [-0.1, -0.05) is 17.6 Å². The Morgan fingerprint density at radius 2 is 2.18 bits per heavy atom. The van der Waals surface area contributed by atoms with Gasteiger partial charge in [0.15, 0.2) is 0 Å². The molecule has 3 aliphatic heterocycles. The van der Waals surface area contributed by atoms with Crippen LogP contribution in [0.15, 0.2) is 18.2 Å². The number of piperidine rings is 1. The van der Waals surface area contributed by atoms with Crippen molar-refractivity contribution in [3.8, 4) is 0 Å². The number of amides is 2. The van der Waals surface area contributed by atoms with Crippen LogP contribution in [0.25, 0.3) is 0 Å². The van der Waals surface area contributed by atoms with Crippen molar-refractivity contribution in [2.45, 2.75) is 43.2 Å². The lowest BCUT2D eigenvalue weighted by atomic mass is 9.82. The lowest BCUT2D eigenvalue weighted by Crippen LogP contribution is -2.57. The Labute approximate surface area is 168 Å². The van der Waals surface area contributed by atoms with E-state index in [0.29, 0.717) is 23.6 Å². The van der Waals surface area contributed by atoms with Crippen LogP contribution in [0.4, 0.5) is 0 Å². The number of carbonyl (C=O) groups excluding carboxylic acids is 2. The van der Waals surface area contributed by atoms with Gasteiger partial charge in [-0.15, -0.1) is 0 Å². The average Bonchev–Trinajstić information content (AvgIpc) is 3.39. The zero-order valence-corrected chi connectivity index (χ0v) is 16.2. The second kappa shape index (κ2) is 6.88. The largest absolute Gasteiger partial charge is 0.378 e. The first-order valence-corrected chi connectivity index (χ1v) is 10.3. The van der Waals surface area contributed by atoms with Gasteiger partial charge in [-0.25, -0.2) is 0 Å². The van der Waals surface area contributed by atoms with Gasteiger partial charge in [0.1, 0.15) is 7.85 Å². The summed E-state index contributed by atoms with van der Waals surface area (Å²) < 4.78 is 5.30. The van der Waals surface area contributed by atoms with Crippen molar-refractivity contribution < 1.29 is 15.8 Å². The van der Waals surface area contributed by atoms with Crippen LogP contribution >= 0.6 is 0 Å². The van der Waals surface area contributed by atoms with Crippen molar-refractivity contribution in [1.29, 1.82) is 0 Å². The molecule has 148 valence electrons. The summed E-state index contributed by atoms with van der Waals surface area (Å²) >= 11 is 0. The Bertz CT molecular complexity index is 812. The van der Waals surface area contributed by atoms with Gasteiger partial charge in [-0.05, 0) is 43.9 Å². The highest BCUT2D eigenvalue weighted by molar-refractivity contribution is 6.32. The van der Waals surface area contributed by atoms with E-state index in [1.807, 2.05) is 12.1 Å². The molecular weight excluding hydrogens is 353 g/mol. The SMILES string of the molecule is [B]c1ccc2c(c1)C1(CC1)CN(CC(=O)N[C@@H]1CCCN(C3COC3)C1)C2=O.[HH]. The van der Waals surface area contributed by atoms with Gasteiger partial charge in [0.25, 0.3) is 5.91 Å². The summed E-state index contributed by atoms with van der Waals surface area (Å²) in [6.45, 7) is 4.30. The summed E-state index contributed by atoms with van der Waals surface area (Å²) in [6.07, 6.45) is 4.18. The normalized spacial score (nSPS) is 26.6. The number of likely N-dealkylation sites (tertiary alicyclic amines) is 1. The third-order valence-electron chi connectivity index (χ3n) is 6.77. The molecule has 1 aromatic rings. The second-order valence-electron chi connectivity index (χ2n) is 8.84. The van der Waals surface area contributed by atoms with Crippen LogP contribution < -0.4 is 10.8 Å². The van der Waals surface area contributed by atoms with Gasteiger partial charge >= 0.3 is 0 Å². The van der Waals surface area contributed by atoms with E-state index < -0.39 is 0 Å². The van der Waals surface area contributed by atoms with Crippen LogP contribution in [0.1, 0.15) is 43.0 Å². The molecule has 0 unspecified atom stereocenters. The number of benzene rings is 1. The van der Waals surface area contributed by atoms with Crippen LogP contribution in [-0.2, 0) is 14.9 Å². The standard InChI is InChI=1S/C21H26BN3O3.H2/c22-14-3-4-17-18(8-14)21(5-6-21)13-25(20(17)27)10-19(26)23-15-2-1-7-24(9-15)16-11-28-12-16;/h3-4,8,15-16H,1-2,5-7,9-13H2,(H,23,26);1H/t15-;/m1./s1. The van der Waals surface area contributed by atoms with Crippen molar-refractivity contribution in [3.63, 3.8) is 0 Å². The quantitative estimate of drug-likeness (QED) is 0.757. The van der Waals surface area contributed by atoms with E-state index in [9.17, 15) is 9.59 Å². The minimum absolute atomic E-state index is 0. The maximum absolute atomic E-state index is 12.9. The van der Waals surface area contributed by atoms with Crippen LogP contribution in [0.3, 0.4) is 0 Å². The third-order valence-corrected chi connectivity index (χ3v) is 6.77. The molecule has 1 saturated carbocycles. The first-order valence-electron chi connectivity index (χ1n) is 10.3. The molecule has 4 aliphatic rings. The van der Waals surface area contributed by atoms with Crippen molar-refractivity contribution in [3.05, 3.63) is 29.3 Å². The lowest BCUT2D eigenvalue weighted by Gasteiger charge is -2.42. The number of carbonyl (C=O) groups is 2. The third kappa shape index (κ3) is 3.24. The fourth-order valence-electron chi connectivity index (χ4n) is 4.92. The molecule has 1 aromatic carbocycles. The molecule has 3 fully saturated rings. The first kappa shape index (κ1) is 18.2. The first-order chi connectivity index (χ1) is 13.5. The van der Waals surface area contributed by atoms with Crippen LogP contribution in [0.2, 0.25) is 0 Å². The summed E-state index contributed by atoms with van der Waals surface area (Å²) in [4.78, 5) is 29.8. The van der Waals surface area contributed by atoms with Crippen LogP contribution in [0.5, 0.6) is 0 Å². The molecule has 0 bridgehead atoms.